The van der Waals surface area contributed by atoms with Crippen LogP contribution in [0.15, 0.2) is 48.5 Å². The summed E-state index contributed by atoms with van der Waals surface area (Å²) < 4.78 is 37.0. The van der Waals surface area contributed by atoms with E-state index in [4.69, 9.17) is 19.6 Å². The van der Waals surface area contributed by atoms with Crippen molar-refractivity contribution in [1.29, 1.82) is 0 Å². The summed E-state index contributed by atoms with van der Waals surface area (Å²) in [5.74, 6) is -2.25. The lowest BCUT2D eigenvalue weighted by atomic mass is 10.1. The molecule has 0 radical (unpaired) electrons. The fourth-order valence-electron chi connectivity index (χ4n) is 4.65. The lowest BCUT2D eigenvalue weighted by Crippen LogP contribution is -2.44. The second-order valence-corrected chi connectivity index (χ2v) is 10.6. The first-order valence-corrected chi connectivity index (χ1v) is 14.0. The van der Waals surface area contributed by atoms with Gasteiger partial charge in [0.25, 0.3) is 5.91 Å². The van der Waals surface area contributed by atoms with Gasteiger partial charge in [-0.05, 0) is 36.2 Å². The number of carboxylic acids is 1. The van der Waals surface area contributed by atoms with Crippen LogP contribution in [0.5, 0.6) is 5.75 Å². The molecule has 1 fully saturated rings. The average molecular weight is 592 g/mol. The van der Waals surface area contributed by atoms with E-state index < -0.39 is 12.1 Å². The van der Waals surface area contributed by atoms with E-state index in [1.165, 1.54) is 16.1 Å². The smallest absolute Gasteiger partial charge is 0.490 e. The van der Waals surface area contributed by atoms with Crippen LogP contribution in [0, 0.1) is 0 Å². The van der Waals surface area contributed by atoms with Gasteiger partial charge in [0.05, 0.1) is 12.8 Å². The SMILES string of the molecule is COc1cccc(C(=O)Nc2nc3c(s2)CCN(Cc2ccccc2N2CCNCC2)CC3)c1.O=C(O)C(F)(F)F. The summed E-state index contributed by atoms with van der Waals surface area (Å²) in [6.07, 6.45) is -3.23. The highest BCUT2D eigenvalue weighted by Gasteiger charge is 2.38. The fourth-order valence-corrected chi connectivity index (χ4v) is 5.65. The number of ether oxygens (including phenoxy) is 1. The number of aromatic nitrogens is 1. The number of aliphatic carboxylic acids is 1. The number of rotatable bonds is 6. The highest BCUT2D eigenvalue weighted by Crippen LogP contribution is 2.29. The van der Waals surface area contributed by atoms with Gasteiger partial charge in [0.15, 0.2) is 5.13 Å². The Bertz CT molecular complexity index is 1320. The molecular weight excluding hydrogens is 559 g/mol. The van der Waals surface area contributed by atoms with E-state index in [0.29, 0.717) is 16.4 Å². The molecule has 2 aliphatic rings. The number of amides is 1. The minimum Gasteiger partial charge on any atom is -0.497 e. The van der Waals surface area contributed by atoms with Gasteiger partial charge in [-0.15, -0.1) is 11.3 Å². The van der Waals surface area contributed by atoms with Crippen molar-refractivity contribution in [3.8, 4) is 5.75 Å². The predicted molar refractivity (Wildman–Crippen MR) is 151 cm³/mol. The molecule has 1 amide bonds. The summed E-state index contributed by atoms with van der Waals surface area (Å²) in [6.45, 7) is 7.12. The summed E-state index contributed by atoms with van der Waals surface area (Å²) >= 11 is 1.60. The largest absolute Gasteiger partial charge is 0.497 e. The second-order valence-electron chi connectivity index (χ2n) is 9.52. The number of alkyl halides is 3. The van der Waals surface area contributed by atoms with Gasteiger partial charge in [-0.3, -0.25) is 15.0 Å². The number of nitrogens with zero attached hydrogens (tertiary/aromatic N) is 3. The standard InChI is InChI=1S/C26H31N5O2S.C2HF3O2/c1-33-21-7-4-6-19(17-21)25(32)29-26-28-22-9-13-30(14-10-24(22)34-26)18-20-5-2-3-8-23(20)31-15-11-27-12-16-31;3-2(4,5)1(6)7/h2-8,17,27H,9-16,18H2,1H3,(H,28,29,32);(H,6,7). The van der Waals surface area contributed by atoms with Gasteiger partial charge in [0.1, 0.15) is 5.75 Å². The predicted octanol–water partition coefficient (Wildman–Crippen LogP) is 4.05. The number of carboxylic acid groups (broad SMARTS) is 1. The average Bonchev–Trinajstić information content (AvgIpc) is 3.26. The quantitative estimate of drug-likeness (QED) is 0.395. The van der Waals surface area contributed by atoms with Crippen LogP contribution in [0.4, 0.5) is 24.0 Å². The molecule has 3 heterocycles. The number of carbonyl (C=O) groups is 2. The zero-order chi connectivity index (χ0) is 29.4. The number of carbonyl (C=O) groups excluding carboxylic acids is 1. The molecule has 0 spiro atoms. The summed E-state index contributed by atoms with van der Waals surface area (Å²) in [7, 11) is 1.60. The molecule has 5 rings (SSSR count). The van der Waals surface area contributed by atoms with Crippen molar-refractivity contribution >= 4 is 34.0 Å². The van der Waals surface area contributed by atoms with E-state index in [9.17, 15) is 18.0 Å². The first-order valence-electron chi connectivity index (χ1n) is 13.1. The van der Waals surface area contributed by atoms with Gasteiger partial charge < -0.3 is 20.1 Å². The Morgan fingerprint density at radius 1 is 1.07 bits per heavy atom. The molecule has 0 unspecified atom stereocenters. The van der Waals surface area contributed by atoms with Gasteiger partial charge in [0, 0.05) is 68.4 Å². The fraction of sp³-hybridized carbons (Fsp3) is 0.393. The molecule has 3 N–H and O–H groups in total. The topological polar surface area (TPSA) is 107 Å². The molecule has 1 aromatic heterocycles. The summed E-state index contributed by atoms with van der Waals surface area (Å²) in [6, 6.07) is 16.0. The summed E-state index contributed by atoms with van der Waals surface area (Å²) in [5, 5.41) is 14.2. The lowest BCUT2D eigenvalue weighted by Gasteiger charge is -2.32. The van der Waals surface area contributed by atoms with Crippen LogP contribution in [-0.2, 0) is 24.2 Å². The maximum absolute atomic E-state index is 12.7. The molecule has 1 saturated heterocycles. The number of para-hydroxylation sites is 1. The molecule has 2 aromatic carbocycles. The third-order valence-electron chi connectivity index (χ3n) is 6.74. The van der Waals surface area contributed by atoms with E-state index in [-0.39, 0.29) is 5.91 Å². The Labute approximate surface area is 239 Å². The van der Waals surface area contributed by atoms with Crippen LogP contribution >= 0.6 is 11.3 Å². The van der Waals surface area contributed by atoms with Crippen LogP contribution in [0.2, 0.25) is 0 Å². The van der Waals surface area contributed by atoms with Crippen LogP contribution in [0.3, 0.4) is 0 Å². The second kappa shape index (κ2) is 13.8. The first-order chi connectivity index (χ1) is 19.6. The van der Waals surface area contributed by atoms with Crippen molar-refractivity contribution in [2.24, 2.45) is 0 Å². The number of hydrogen-bond acceptors (Lipinski definition) is 8. The number of piperazine rings is 1. The Morgan fingerprint density at radius 2 is 1.78 bits per heavy atom. The van der Waals surface area contributed by atoms with Gasteiger partial charge in [0.2, 0.25) is 0 Å². The Balaban J connectivity index is 0.000000493. The highest BCUT2D eigenvalue weighted by atomic mass is 32.1. The van der Waals surface area contributed by atoms with Crippen molar-refractivity contribution in [3.63, 3.8) is 0 Å². The van der Waals surface area contributed by atoms with Crippen LogP contribution < -0.4 is 20.3 Å². The molecule has 41 heavy (non-hydrogen) atoms. The van der Waals surface area contributed by atoms with Gasteiger partial charge in [-0.2, -0.15) is 13.2 Å². The number of hydrogen-bond donors (Lipinski definition) is 3. The molecular formula is C28H32F3N5O4S. The molecule has 0 bridgehead atoms. The molecule has 13 heteroatoms. The Hall–Kier alpha value is -3.68. The maximum atomic E-state index is 12.7. The molecule has 0 atom stereocenters. The Morgan fingerprint density at radius 3 is 2.49 bits per heavy atom. The Kier molecular flexibility index (Phi) is 10.2. The zero-order valence-electron chi connectivity index (χ0n) is 22.5. The third kappa shape index (κ3) is 8.41. The molecule has 0 saturated carbocycles. The van der Waals surface area contributed by atoms with E-state index in [1.54, 1.807) is 30.6 Å². The van der Waals surface area contributed by atoms with Crippen LogP contribution in [-0.4, -0.2) is 79.4 Å². The molecule has 220 valence electrons. The number of anilines is 2. The van der Waals surface area contributed by atoms with Crippen molar-refractivity contribution in [3.05, 3.63) is 70.2 Å². The van der Waals surface area contributed by atoms with Crippen molar-refractivity contribution in [2.75, 3.05) is 56.6 Å². The number of fused-ring (bicyclic) bond motifs is 1. The van der Waals surface area contributed by atoms with Crippen molar-refractivity contribution in [2.45, 2.75) is 25.6 Å². The van der Waals surface area contributed by atoms with E-state index in [1.807, 2.05) is 12.1 Å². The van der Waals surface area contributed by atoms with Gasteiger partial charge in [-0.25, -0.2) is 9.78 Å². The third-order valence-corrected chi connectivity index (χ3v) is 7.81. The molecule has 3 aromatic rings. The van der Waals surface area contributed by atoms with Crippen molar-refractivity contribution in [1.82, 2.24) is 15.2 Å². The van der Waals surface area contributed by atoms with E-state index in [2.05, 4.69) is 44.7 Å². The number of methoxy groups -OCH3 is 1. The van der Waals surface area contributed by atoms with E-state index in [0.717, 1.165) is 64.3 Å². The number of thiazole rings is 1. The molecule has 0 aliphatic carbocycles. The minimum atomic E-state index is -5.08. The minimum absolute atomic E-state index is 0.158. The van der Waals surface area contributed by atoms with Crippen molar-refractivity contribution < 1.29 is 32.6 Å². The number of halogens is 3. The normalized spacial score (nSPS) is 15.7. The molecule has 9 nitrogen and oxygen atoms in total. The van der Waals surface area contributed by atoms with E-state index >= 15 is 0 Å². The number of benzene rings is 2. The summed E-state index contributed by atoms with van der Waals surface area (Å²) in [5.41, 5.74) is 4.44. The first kappa shape index (κ1) is 30.3. The van der Waals surface area contributed by atoms with Gasteiger partial charge in [-0.1, -0.05) is 24.3 Å². The lowest BCUT2D eigenvalue weighted by molar-refractivity contribution is -0.192. The van der Waals surface area contributed by atoms with Crippen LogP contribution in [0.1, 0.15) is 26.5 Å². The molecule has 2 aliphatic heterocycles. The zero-order valence-corrected chi connectivity index (χ0v) is 23.4. The van der Waals surface area contributed by atoms with Gasteiger partial charge >= 0.3 is 12.1 Å². The maximum Gasteiger partial charge on any atom is 0.490 e. The monoisotopic (exact) mass is 591 g/mol. The summed E-state index contributed by atoms with van der Waals surface area (Å²) in [4.78, 5) is 32.6. The number of nitrogens with one attached hydrogen (secondary N) is 2. The van der Waals surface area contributed by atoms with Crippen LogP contribution in [0.25, 0.3) is 0 Å². The highest BCUT2D eigenvalue weighted by molar-refractivity contribution is 7.15.